The van der Waals surface area contributed by atoms with Crippen LogP contribution in [0.1, 0.15) is 32.5 Å². The SMILES string of the molecule is CCNC(=O)c1ccc(C)c(NC(=O)c2ccc(-c3ccc(Cl)cc3)s2)c1. The zero-order valence-corrected chi connectivity index (χ0v) is 16.6. The molecule has 2 aromatic carbocycles. The highest BCUT2D eigenvalue weighted by Gasteiger charge is 2.13. The van der Waals surface area contributed by atoms with Crippen LogP contribution in [0.15, 0.2) is 54.6 Å². The maximum Gasteiger partial charge on any atom is 0.265 e. The summed E-state index contributed by atoms with van der Waals surface area (Å²) in [6.45, 7) is 4.31. The van der Waals surface area contributed by atoms with E-state index in [9.17, 15) is 9.59 Å². The molecule has 0 aliphatic rings. The quantitative estimate of drug-likeness (QED) is 0.606. The third kappa shape index (κ3) is 4.56. The fourth-order valence-electron chi connectivity index (χ4n) is 2.57. The lowest BCUT2D eigenvalue weighted by atomic mass is 10.1. The third-order valence-corrected chi connectivity index (χ3v) is 5.43. The average molecular weight is 399 g/mol. The minimum atomic E-state index is -0.198. The highest BCUT2D eigenvalue weighted by Crippen LogP contribution is 2.30. The Morgan fingerprint density at radius 1 is 1.00 bits per heavy atom. The van der Waals surface area contributed by atoms with Crippen LogP contribution in [0.2, 0.25) is 5.02 Å². The van der Waals surface area contributed by atoms with E-state index in [0.717, 1.165) is 16.0 Å². The van der Waals surface area contributed by atoms with Gasteiger partial charge in [-0.05, 0) is 61.4 Å². The molecule has 0 saturated heterocycles. The van der Waals surface area contributed by atoms with Crippen molar-refractivity contribution in [3.8, 4) is 10.4 Å². The molecule has 0 unspecified atom stereocenters. The molecule has 27 heavy (non-hydrogen) atoms. The smallest absolute Gasteiger partial charge is 0.265 e. The molecule has 3 rings (SSSR count). The van der Waals surface area contributed by atoms with Crippen molar-refractivity contribution >= 4 is 40.4 Å². The van der Waals surface area contributed by atoms with E-state index < -0.39 is 0 Å². The highest BCUT2D eigenvalue weighted by molar-refractivity contribution is 7.17. The summed E-state index contributed by atoms with van der Waals surface area (Å²) in [7, 11) is 0. The van der Waals surface area contributed by atoms with E-state index in [1.165, 1.54) is 11.3 Å². The van der Waals surface area contributed by atoms with Gasteiger partial charge in [0.05, 0.1) is 4.88 Å². The Balaban J connectivity index is 1.79. The summed E-state index contributed by atoms with van der Waals surface area (Å²) in [5, 5.41) is 6.34. The van der Waals surface area contributed by atoms with E-state index in [0.29, 0.717) is 27.7 Å². The maximum atomic E-state index is 12.6. The second kappa shape index (κ2) is 8.37. The van der Waals surface area contributed by atoms with Crippen molar-refractivity contribution in [2.75, 3.05) is 11.9 Å². The van der Waals surface area contributed by atoms with Gasteiger partial charge in [-0.1, -0.05) is 29.8 Å². The van der Waals surface area contributed by atoms with Gasteiger partial charge in [-0.25, -0.2) is 0 Å². The second-order valence-corrected chi connectivity index (χ2v) is 7.53. The molecule has 4 nitrogen and oxygen atoms in total. The topological polar surface area (TPSA) is 58.2 Å². The molecular formula is C21H19ClN2O2S. The first-order valence-electron chi connectivity index (χ1n) is 8.54. The fourth-order valence-corrected chi connectivity index (χ4v) is 3.61. The predicted octanol–water partition coefficient (Wildman–Crippen LogP) is 5.38. The summed E-state index contributed by atoms with van der Waals surface area (Å²) >= 11 is 7.33. The fraction of sp³-hybridized carbons (Fsp3) is 0.143. The van der Waals surface area contributed by atoms with Crippen molar-refractivity contribution < 1.29 is 9.59 Å². The second-order valence-electron chi connectivity index (χ2n) is 6.01. The van der Waals surface area contributed by atoms with Crippen LogP contribution in [0.25, 0.3) is 10.4 Å². The van der Waals surface area contributed by atoms with Crippen molar-refractivity contribution in [1.29, 1.82) is 0 Å². The molecular weight excluding hydrogens is 380 g/mol. The van der Waals surface area contributed by atoms with Crippen LogP contribution >= 0.6 is 22.9 Å². The van der Waals surface area contributed by atoms with Crippen molar-refractivity contribution in [3.05, 3.63) is 75.6 Å². The minimum absolute atomic E-state index is 0.158. The number of thiophene rings is 1. The Kier molecular flexibility index (Phi) is 5.94. The van der Waals surface area contributed by atoms with Gasteiger partial charge in [0.1, 0.15) is 0 Å². The number of carbonyl (C=O) groups excluding carboxylic acids is 2. The van der Waals surface area contributed by atoms with Crippen LogP contribution < -0.4 is 10.6 Å². The van der Waals surface area contributed by atoms with Gasteiger partial charge >= 0.3 is 0 Å². The van der Waals surface area contributed by atoms with Crippen molar-refractivity contribution in [2.24, 2.45) is 0 Å². The number of amides is 2. The summed E-state index contributed by atoms with van der Waals surface area (Å²) in [4.78, 5) is 26.3. The minimum Gasteiger partial charge on any atom is -0.352 e. The van der Waals surface area contributed by atoms with E-state index in [4.69, 9.17) is 11.6 Å². The maximum absolute atomic E-state index is 12.6. The number of hydrogen-bond acceptors (Lipinski definition) is 3. The van der Waals surface area contributed by atoms with Crippen LogP contribution in [0.4, 0.5) is 5.69 Å². The number of aryl methyl sites for hydroxylation is 1. The van der Waals surface area contributed by atoms with Gasteiger partial charge in [-0.3, -0.25) is 9.59 Å². The van der Waals surface area contributed by atoms with Crippen LogP contribution in [0, 0.1) is 6.92 Å². The first-order valence-corrected chi connectivity index (χ1v) is 9.73. The van der Waals surface area contributed by atoms with Crippen LogP contribution in [-0.4, -0.2) is 18.4 Å². The summed E-state index contributed by atoms with van der Waals surface area (Å²) in [5.41, 5.74) is 3.06. The number of anilines is 1. The van der Waals surface area contributed by atoms with Gasteiger partial charge in [-0.2, -0.15) is 0 Å². The van der Waals surface area contributed by atoms with Gasteiger partial charge in [-0.15, -0.1) is 11.3 Å². The molecule has 1 aromatic heterocycles. The molecule has 0 atom stereocenters. The third-order valence-electron chi connectivity index (χ3n) is 4.04. The molecule has 2 amide bonds. The Labute approximate surface area is 167 Å². The highest BCUT2D eigenvalue weighted by atomic mass is 35.5. The van der Waals surface area contributed by atoms with Gasteiger partial charge < -0.3 is 10.6 Å². The lowest BCUT2D eigenvalue weighted by Gasteiger charge is -2.10. The number of rotatable bonds is 5. The number of hydrogen-bond donors (Lipinski definition) is 2. The zero-order chi connectivity index (χ0) is 19.4. The van der Waals surface area contributed by atoms with E-state index in [1.807, 2.05) is 50.2 Å². The summed E-state index contributed by atoms with van der Waals surface area (Å²) < 4.78 is 0. The summed E-state index contributed by atoms with van der Waals surface area (Å²) in [6.07, 6.45) is 0. The first-order chi connectivity index (χ1) is 13.0. The standard InChI is InChI=1S/C21H19ClN2O2S/c1-3-23-20(25)15-5-4-13(2)17(12-15)24-21(26)19-11-10-18(27-19)14-6-8-16(22)9-7-14/h4-12H,3H2,1-2H3,(H,23,25)(H,24,26). The Morgan fingerprint density at radius 3 is 2.44 bits per heavy atom. The lowest BCUT2D eigenvalue weighted by molar-refractivity contribution is 0.0954. The normalized spacial score (nSPS) is 10.5. The van der Waals surface area contributed by atoms with Crippen molar-refractivity contribution in [1.82, 2.24) is 5.32 Å². The molecule has 0 radical (unpaired) electrons. The molecule has 1 heterocycles. The molecule has 2 N–H and O–H groups in total. The van der Waals surface area contributed by atoms with Crippen LogP contribution in [-0.2, 0) is 0 Å². The van der Waals surface area contributed by atoms with E-state index >= 15 is 0 Å². The number of benzene rings is 2. The van der Waals surface area contributed by atoms with E-state index in [1.54, 1.807) is 18.2 Å². The van der Waals surface area contributed by atoms with Gasteiger partial charge in [0.25, 0.3) is 11.8 Å². The molecule has 0 fully saturated rings. The molecule has 0 bridgehead atoms. The van der Waals surface area contributed by atoms with Crippen molar-refractivity contribution in [3.63, 3.8) is 0 Å². The number of carbonyl (C=O) groups is 2. The first kappa shape index (κ1) is 19.1. The Bertz CT molecular complexity index is 980. The van der Waals surface area contributed by atoms with Crippen molar-refractivity contribution in [2.45, 2.75) is 13.8 Å². The number of nitrogens with one attached hydrogen (secondary N) is 2. The summed E-state index contributed by atoms with van der Waals surface area (Å²) in [6, 6.07) is 16.5. The van der Waals surface area contributed by atoms with Gasteiger partial charge in [0, 0.05) is 27.7 Å². The van der Waals surface area contributed by atoms with Crippen LogP contribution in [0.5, 0.6) is 0 Å². The lowest BCUT2D eigenvalue weighted by Crippen LogP contribution is -2.23. The molecule has 0 aliphatic carbocycles. The molecule has 0 spiro atoms. The zero-order valence-electron chi connectivity index (χ0n) is 15.0. The Hall–Kier alpha value is -2.63. The molecule has 0 saturated carbocycles. The molecule has 6 heteroatoms. The van der Waals surface area contributed by atoms with Crippen LogP contribution in [0.3, 0.4) is 0 Å². The molecule has 138 valence electrons. The Morgan fingerprint density at radius 2 is 1.74 bits per heavy atom. The average Bonchev–Trinajstić information content (AvgIpc) is 3.14. The predicted molar refractivity (Wildman–Crippen MR) is 112 cm³/mol. The summed E-state index contributed by atoms with van der Waals surface area (Å²) in [5.74, 6) is -0.356. The largest absolute Gasteiger partial charge is 0.352 e. The monoisotopic (exact) mass is 398 g/mol. The van der Waals surface area contributed by atoms with E-state index in [2.05, 4.69) is 10.6 Å². The van der Waals surface area contributed by atoms with E-state index in [-0.39, 0.29) is 11.8 Å². The number of halogens is 1. The van der Waals surface area contributed by atoms with Gasteiger partial charge in [0.15, 0.2) is 0 Å². The molecule has 0 aliphatic heterocycles. The molecule has 3 aromatic rings. The van der Waals surface area contributed by atoms with Gasteiger partial charge in [0.2, 0.25) is 0 Å².